The van der Waals surface area contributed by atoms with Crippen molar-refractivity contribution >= 4 is 12.0 Å². The van der Waals surface area contributed by atoms with Crippen molar-refractivity contribution in [1.82, 2.24) is 10.2 Å². The van der Waals surface area contributed by atoms with Crippen molar-refractivity contribution in [3.8, 4) is 0 Å². The predicted octanol–water partition coefficient (Wildman–Crippen LogP) is 1.82. The fourth-order valence-electron chi connectivity index (χ4n) is 3.23. The van der Waals surface area contributed by atoms with Crippen molar-refractivity contribution in [3.05, 3.63) is 0 Å². The van der Waals surface area contributed by atoms with Gasteiger partial charge in [-0.1, -0.05) is 19.8 Å². The number of carboxylic acids is 1. The molecule has 1 aliphatic carbocycles. The second-order valence-electron chi connectivity index (χ2n) is 5.34. The van der Waals surface area contributed by atoms with Gasteiger partial charge in [-0.15, -0.1) is 0 Å². The zero-order valence-corrected chi connectivity index (χ0v) is 10.9. The number of aliphatic carboxylic acids is 1. The van der Waals surface area contributed by atoms with Crippen LogP contribution >= 0.6 is 0 Å². The minimum Gasteiger partial charge on any atom is -0.480 e. The van der Waals surface area contributed by atoms with Crippen LogP contribution in [0.15, 0.2) is 0 Å². The number of hydrogen-bond acceptors (Lipinski definition) is 2. The molecule has 18 heavy (non-hydrogen) atoms. The fourth-order valence-corrected chi connectivity index (χ4v) is 3.23. The van der Waals surface area contributed by atoms with Gasteiger partial charge in [-0.25, -0.2) is 9.59 Å². The van der Waals surface area contributed by atoms with Gasteiger partial charge >= 0.3 is 12.0 Å². The number of amides is 2. The first-order chi connectivity index (χ1) is 8.63. The van der Waals surface area contributed by atoms with E-state index in [0.29, 0.717) is 18.4 Å². The van der Waals surface area contributed by atoms with E-state index in [1.54, 1.807) is 6.92 Å². The molecule has 102 valence electrons. The third-order valence-corrected chi connectivity index (χ3v) is 4.27. The summed E-state index contributed by atoms with van der Waals surface area (Å²) in [4.78, 5) is 24.9. The molecule has 5 nitrogen and oxygen atoms in total. The molecule has 2 N–H and O–H groups in total. The first-order valence-corrected chi connectivity index (χ1v) is 6.93. The Kier molecular flexibility index (Phi) is 4.09. The smallest absolute Gasteiger partial charge is 0.326 e. The minimum absolute atomic E-state index is 0.196. The van der Waals surface area contributed by atoms with Crippen LogP contribution in [0.25, 0.3) is 0 Å². The maximum atomic E-state index is 12.1. The highest BCUT2D eigenvalue weighted by atomic mass is 16.4. The number of nitrogens with one attached hydrogen (secondary N) is 1. The molecule has 2 unspecified atom stereocenters. The highest BCUT2D eigenvalue weighted by Gasteiger charge is 2.38. The van der Waals surface area contributed by atoms with Crippen molar-refractivity contribution in [1.29, 1.82) is 0 Å². The van der Waals surface area contributed by atoms with E-state index < -0.39 is 12.0 Å². The fraction of sp³-hybridized carbons (Fsp3) is 0.846. The van der Waals surface area contributed by atoms with Crippen LogP contribution < -0.4 is 5.32 Å². The Balaban J connectivity index is 1.94. The molecule has 2 fully saturated rings. The minimum atomic E-state index is -0.953. The van der Waals surface area contributed by atoms with Crippen molar-refractivity contribution < 1.29 is 14.7 Å². The van der Waals surface area contributed by atoms with Gasteiger partial charge in [0.2, 0.25) is 0 Å². The largest absolute Gasteiger partial charge is 0.480 e. The molecule has 0 aromatic carbocycles. The van der Waals surface area contributed by atoms with Crippen molar-refractivity contribution in [3.63, 3.8) is 0 Å². The normalized spacial score (nSPS) is 28.6. The van der Waals surface area contributed by atoms with Crippen LogP contribution in [0.5, 0.6) is 0 Å². The molecule has 2 aliphatic rings. The summed E-state index contributed by atoms with van der Waals surface area (Å²) < 4.78 is 0. The maximum Gasteiger partial charge on any atom is 0.326 e. The van der Waals surface area contributed by atoms with Gasteiger partial charge in [-0.2, -0.15) is 0 Å². The second kappa shape index (κ2) is 5.59. The van der Waals surface area contributed by atoms with Crippen molar-refractivity contribution in [2.75, 3.05) is 6.54 Å². The Labute approximate surface area is 108 Å². The summed E-state index contributed by atoms with van der Waals surface area (Å²) in [5.41, 5.74) is 0. The maximum absolute atomic E-state index is 12.1. The van der Waals surface area contributed by atoms with Crippen LogP contribution in [0.3, 0.4) is 0 Å². The van der Waals surface area contributed by atoms with E-state index in [1.165, 1.54) is 19.3 Å². The molecule has 3 atom stereocenters. The average molecular weight is 254 g/mol. The highest BCUT2D eigenvalue weighted by molar-refractivity contribution is 5.82. The standard InChI is InChI=1S/C13H22N2O3/c1-2-10(12(16)17)14-13(18)15-8-7-9-5-3-4-6-11(9)15/h9-11H,2-8H2,1H3,(H,14,18)(H,16,17)/t9?,10-,11?/m1/s1. The first-order valence-electron chi connectivity index (χ1n) is 6.93. The summed E-state index contributed by atoms with van der Waals surface area (Å²) in [6.07, 6.45) is 6.22. The number of carbonyl (C=O) groups excluding carboxylic acids is 1. The number of likely N-dealkylation sites (tertiary alicyclic amines) is 1. The van der Waals surface area contributed by atoms with Crippen LogP contribution in [0.1, 0.15) is 45.4 Å². The number of carbonyl (C=O) groups is 2. The van der Waals surface area contributed by atoms with E-state index in [2.05, 4.69) is 5.32 Å². The first kappa shape index (κ1) is 13.2. The average Bonchev–Trinajstić information content (AvgIpc) is 2.79. The van der Waals surface area contributed by atoms with Gasteiger partial charge in [-0.3, -0.25) is 0 Å². The lowest BCUT2D eigenvalue weighted by Crippen LogP contribution is -2.50. The Morgan fingerprint density at radius 2 is 2.06 bits per heavy atom. The molecular formula is C13H22N2O3. The molecule has 2 rings (SSSR count). The Morgan fingerprint density at radius 1 is 1.33 bits per heavy atom. The van der Waals surface area contributed by atoms with Gasteiger partial charge in [0.25, 0.3) is 0 Å². The number of hydrogen-bond donors (Lipinski definition) is 2. The quantitative estimate of drug-likeness (QED) is 0.807. The van der Waals surface area contributed by atoms with Crippen molar-refractivity contribution in [2.24, 2.45) is 5.92 Å². The van der Waals surface area contributed by atoms with Crippen LogP contribution in [0, 0.1) is 5.92 Å². The van der Waals surface area contributed by atoms with Crippen LogP contribution in [-0.4, -0.2) is 40.6 Å². The van der Waals surface area contributed by atoms with E-state index >= 15 is 0 Å². The van der Waals surface area contributed by atoms with Gasteiger partial charge in [0.05, 0.1) is 0 Å². The molecule has 0 bridgehead atoms. The summed E-state index contributed by atoms with van der Waals surface area (Å²) >= 11 is 0. The molecule has 1 aliphatic heterocycles. The number of urea groups is 1. The summed E-state index contributed by atoms with van der Waals surface area (Å²) in [7, 11) is 0. The molecule has 1 heterocycles. The highest BCUT2D eigenvalue weighted by Crippen LogP contribution is 2.36. The van der Waals surface area contributed by atoms with E-state index in [9.17, 15) is 9.59 Å². The van der Waals surface area contributed by atoms with Gasteiger partial charge in [0.1, 0.15) is 6.04 Å². The molecule has 0 spiro atoms. The SMILES string of the molecule is CC[C@@H](NC(=O)N1CCC2CCCCC21)C(=O)O. The van der Waals surface area contributed by atoms with E-state index in [1.807, 2.05) is 4.90 Å². The summed E-state index contributed by atoms with van der Waals surface area (Å²) in [6, 6.07) is -0.621. The van der Waals surface area contributed by atoms with Gasteiger partial charge in [0.15, 0.2) is 0 Å². The number of fused-ring (bicyclic) bond motifs is 1. The van der Waals surface area contributed by atoms with Gasteiger partial charge < -0.3 is 15.3 Å². The van der Waals surface area contributed by atoms with E-state index in [-0.39, 0.29) is 6.03 Å². The van der Waals surface area contributed by atoms with E-state index in [0.717, 1.165) is 19.4 Å². The molecule has 0 aromatic rings. The monoisotopic (exact) mass is 254 g/mol. The molecule has 1 saturated heterocycles. The third-order valence-electron chi connectivity index (χ3n) is 4.27. The van der Waals surface area contributed by atoms with Gasteiger partial charge in [-0.05, 0) is 31.6 Å². The van der Waals surface area contributed by atoms with Crippen molar-refractivity contribution in [2.45, 2.75) is 57.5 Å². The molecular weight excluding hydrogens is 232 g/mol. The number of rotatable bonds is 3. The predicted molar refractivity (Wildman–Crippen MR) is 67.3 cm³/mol. The zero-order valence-electron chi connectivity index (χ0n) is 10.9. The van der Waals surface area contributed by atoms with Crippen LogP contribution in [-0.2, 0) is 4.79 Å². The number of carboxylic acid groups (broad SMARTS) is 1. The lowest BCUT2D eigenvalue weighted by atomic mass is 9.85. The van der Waals surface area contributed by atoms with Crippen LogP contribution in [0.2, 0.25) is 0 Å². The lowest BCUT2D eigenvalue weighted by Gasteiger charge is -2.32. The summed E-state index contributed by atoms with van der Waals surface area (Å²) in [5, 5.41) is 11.6. The molecule has 1 saturated carbocycles. The van der Waals surface area contributed by atoms with Gasteiger partial charge in [0, 0.05) is 12.6 Å². The second-order valence-corrected chi connectivity index (χ2v) is 5.34. The lowest BCUT2D eigenvalue weighted by molar-refractivity contribution is -0.139. The van der Waals surface area contributed by atoms with E-state index in [4.69, 9.17) is 5.11 Å². The Bertz CT molecular complexity index is 332. The molecule has 2 amide bonds. The summed E-state index contributed by atoms with van der Waals surface area (Å²) in [5.74, 6) is -0.320. The number of nitrogens with zero attached hydrogens (tertiary/aromatic N) is 1. The Morgan fingerprint density at radius 3 is 2.72 bits per heavy atom. The topological polar surface area (TPSA) is 69.6 Å². The molecule has 5 heteroatoms. The Hall–Kier alpha value is -1.26. The summed E-state index contributed by atoms with van der Waals surface area (Å²) in [6.45, 7) is 2.55. The third kappa shape index (κ3) is 2.60. The molecule has 0 aromatic heterocycles. The zero-order chi connectivity index (χ0) is 13.1. The molecule has 0 radical (unpaired) electrons. The van der Waals surface area contributed by atoms with Crippen LogP contribution in [0.4, 0.5) is 4.79 Å².